The minimum atomic E-state index is -0.524. The van der Waals surface area contributed by atoms with E-state index in [4.69, 9.17) is 9.47 Å². The Kier molecular flexibility index (Phi) is 6.93. The molecule has 0 radical (unpaired) electrons. The van der Waals surface area contributed by atoms with Gasteiger partial charge in [-0.25, -0.2) is 8.78 Å². The lowest BCUT2D eigenvalue weighted by Crippen LogP contribution is -2.61. The number of nitrogens with zero attached hydrogens (tertiary/aromatic N) is 1. The van der Waals surface area contributed by atoms with Crippen LogP contribution in [0.5, 0.6) is 5.75 Å². The van der Waals surface area contributed by atoms with Crippen LogP contribution in [0.15, 0.2) is 72.8 Å². The van der Waals surface area contributed by atoms with E-state index >= 15 is 4.39 Å². The van der Waals surface area contributed by atoms with Crippen molar-refractivity contribution in [2.45, 2.75) is 43.7 Å². The van der Waals surface area contributed by atoms with Gasteiger partial charge in [0.1, 0.15) is 12.4 Å². The van der Waals surface area contributed by atoms with Crippen LogP contribution in [0, 0.1) is 11.6 Å². The van der Waals surface area contributed by atoms with Gasteiger partial charge in [0.05, 0.1) is 12.6 Å². The van der Waals surface area contributed by atoms with E-state index in [1.54, 1.807) is 0 Å². The Bertz CT molecular complexity index is 1090. The fraction of sp³-hybridized carbons (Fsp3) is 0.379. The maximum Gasteiger partial charge on any atom is 0.165 e. The summed E-state index contributed by atoms with van der Waals surface area (Å²) in [6.07, 6.45) is 3.29. The molecule has 0 unspecified atom stereocenters. The predicted molar refractivity (Wildman–Crippen MR) is 129 cm³/mol. The molecular weight excluding hydrogens is 432 g/mol. The Morgan fingerprint density at radius 3 is 2.38 bits per heavy atom. The molecule has 3 nitrogen and oxygen atoms in total. The number of ether oxygens (including phenoxy) is 2. The molecule has 3 aromatic rings. The van der Waals surface area contributed by atoms with Gasteiger partial charge < -0.3 is 9.47 Å². The van der Waals surface area contributed by atoms with E-state index in [0.717, 1.165) is 43.5 Å². The number of piperidine rings is 1. The molecule has 1 fully saturated rings. The van der Waals surface area contributed by atoms with Gasteiger partial charge in [0.2, 0.25) is 0 Å². The molecule has 2 aliphatic heterocycles. The SMILES string of the molecule is Fc1ccc(F)c2c1OC[C@H]1N(CCCOCc3ccccc3)CCC[C@@]21Cc1ccccc1. The van der Waals surface area contributed by atoms with Crippen LogP contribution >= 0.6 is 0 Å². The van der Waals surface area contributed by atoms with Gasteiger partial charge in [0.15, 0.2) is 11.6 Å². The van der Waals surface area contributed by atoms with Crippen molar-refractivity contribution in [3.63, 3.8) is 0 Å². The number of hydrogen-bond acceptors (Lipinski definition) is 3. The van der Waals surface area contributed by atoms with Crippen molar-refractivity contribution >= 4 is 0 Å². The largest absolute Gasteiger partial charge is 0.488 e. The normalized spacial score (nSPS) is 22.0. The van der Waals surface area contributed by atoms with E-state index in [0.29, 0.717) is 31.8 Å². The summed E-state index contributed by atoms with van der Waals surface area (Å²) >= 11 is 0. The minimum Gasteiger partial charge on any atom is -0.488 e. The van der Waals surface area contributed by atoms with Gasteiger partial charge in [-0.2, -0.15) is 0 Å². The standard InChI is InChI=1S/C29H31F2NO2/c30-24-13-14-25(31)28-27(24)29(19-22-9-3-1-4-10-22)15-7-16-32(26(29)21-34-28)17-8-18-33-20-23-11-5-2-6-12-23/h1-6,9-14,26H,7-8,15-21H2/t26-,29+/m1/s1. The lowest BCUT2D eigenvalue weighted by molar-refractivity contribution is 0.00320. The summed E-state index contributed by atoms with van der Waals surface area (Å²) < 4.78 is 41.8. The zero-order valence-electron chi connectivity index (χ0n) is 19.4. The molecule has 0 N–H and O–H groups in total. The first-order valence-corrected chi connectivity index (χ1v) is 12.2. The smallest absolute Gasteiger partial charge is 0.165 e. The van der Waals surface area contributed by atoms with E-state index in [9.17, 15) is 4.39 Å². The van der Waals surface area contributed by atoms with Crippen LogP contribution < -0.4 is 4.74 Å². The van der Waals surface area contributed by atoms with Crippen LogP contribution in [0.2, 0.25) is 0 Å². The Morgan fingerprint density at radius 2 is 1.62 bits per heavy atom. The molecule has 2 atom stereocenters. The molecule has 1 saturated heterocycles. The van der Waals surface area contributed by atoms with Crippen molar-refractivity contribution < 1.29 is 18.3 Å². The fourth-order valence-corrected chi connectivity index (χ4v) is 5.78. The highest BCUT2D eigenvalue weighted by Gasteiger charge is 2.52. The number of hydrogen-bond donors (Lipinski definition) is 0. The Morgan fingerprint density at radius 1 is 0.912 bits per heavy atom. The van der Waals surface area contributed by atoms with E-state index < -0.39 is 11.2 Å². The highest BCUT2D eigenvalue weighted by molar-refractivity contribution is 5.47. The van der Waals surface area contributed by atoms with Gasteiger partial charge >= 0.3 is 0 Å². The van der Waals surface area contributed by atoms with E-state index in [-0.39, 0.29) is 17.6 Å². The van der Waals surface area contributed by atoms with Gasteiger partial charge in [-0.05, 0) is 55.5 Å². The summed E-state index contributed by atoms with van der Waals surface area (Å²) in [5, 5.41) is 0. The molecule has 2 aliphatic rings. The predicted octanol–water partition coefficient (Wildman–Crippen LogP) is 5.91. The van der Waals surface area contributed by atoms with Crippen molar-refractivity contribution in [1.29, 1.82) is 0 Å². The van der Waals surface area contributed by atoms with E-state index in [2.05, 4.69) is 29.2 Å². The lowest BCUT2D eigenvalue weighted by Gasteiger charge is -2.53. The monoisotopic (exact) mass is 463 g/mol. The average Bonchev–Trinajstić information content (AvgIpc) is 2.87. The fourth-order valence-electron chi connectivity index (χ4n) is 5.78. The molecule has 178 valence electrons. The second-order valence-electron chi connectivity index (χ2n) is 9.41. The molecule has 0 amide bonds. The van der Waals surface area contributed by atoms with Gasteiger partial charge in [0.25, 0.3) is 0 Å². The van der Waals surface area contributed by atoms with Crippen molar-refractivity contribution in [2.24, 2.45) is 0 Å². The summed E-state index contributed by atoms with van der Waals surface area (Å²) in [6, 6.07) is 22.7. The Balaban J connectivity index is 1.35. The van der Waals surface area contributed by atoms with E-state index in [1.807, 2.05) is 36.4 Å². The number of halogens is 2. The molecule has 0 saturated carbocycles. The highest BCUT2D eigenvalue weighted by Crippen LogP contribution is 2.50. The molecule has 34 heavy (non-hydrogen) atoms. The van der Waals surface area contributed by atoms with Crippen molar-refractivity contribution in [1.82, 2.24) is 4.90 Å². The number of likely N-dealkylation sites (tertiary alicyclic amines) is 1. The molecule has 5 rings (SSSR count). The molecular formula is C29H31F2NO2. The maximum absolute atomic E-state index is 15.3. The summed E-state index contributed by atoms with van der Waals surface area (Å²) in [4.78, 5) is 2.41. The summed E-state index contributed by atoms with van der Waals surface area (Å²) in [7, 11) is 0. The first-order valence-electron chi connectivity index (χ1n) is 12.2. The van der Waals surface area contributed by atoms with Crippen molar-refractivity contribution in [2.75, 3.05) is 26.3 Å². The average molecular weight is 464 g/mol. The number of benzene rings is 3. The topological polar surface area (TPSA) is 21.7 Å². The van der Waals surface area contributed by atoms with Gasteiger partial charge in [0, 0.05) is 24.1 Å². The van der Waals surface area contributed by atoms with Crippen molar-refractivity contribution in [3.05, 3.63) is 101 Å². The van der Waals surface area contributed by atoms with Crippen molar-refractivity contribution in [3.8, 4) is 5.75 Å². The molecule has 2 heterocycles. The number of fused-ring (bicyclic) bond motifs is 3. The third kappa shape index (κ3) is 4.59. The minimum absolute atomic E-state index is 0.0145. The first kappa shape index (κ1) is 23.0. The summed E-state index contributed by atoms with van der Waals surface area (Å²) in [6.45, 7) is 3.39. The van der Waals surface area contributed by atoms with Crippen LogP contribution in [-0.4, -0.2) is 37.2 Å². The Hall–Kier alpha value is -2.76. The van der Waals surface area contributed by atoms with E-state index in [1.165, 1.54) is 12.1 Å². The molecule has 0 aromatic heterocycles. The van der Waals surface area contributed by atoms with Gasteiger partial charge in [-0.15, -0.1) is 0 Å². The zero-order valence-corrected chi connectivity index (χ0v) is 19.4. The summed E-state index contributed by atoms with van der Waals surface area (Å²) in [5.41, 5.74) is 2.19. The van der Waals surface area contributed by atoms with Gasteiger partial charge in [-0.3, -0.25) is 4.90 Å². The second kappa shape index (κ2) is 10.2. The third-order valence-corrected chi connectivity index (χ3v) is 7.30. The molecule has 5 heteroatoms. The maximum atomic E-state index is 15.3. The summed E-state index contributed by atoms with van der Waals surface area (Å²) in [5.74, 6) is -0.751. The molecule has 0 spiro atoms. The van der Waals surface area contributed by atoms with Crippen LogP contribution in [0.4, 0.5) is 8.78 Å². The zero-order chi connectivity index (χ0) is 23.4. The number of rotatable bonds is 8. The quantitative estimate of drug-likeness (QED) is 0.388. The molecule has 3 aromatic carbocycles. The van der Waals surface area contributed by atoms with Crippen LogP contribution in [-0.2, 0) is 23.2 Å². The van der Waals surface area contributed by atoms with Crippen LogP contribution in [0.1, 0.15) is 36.0 Å². The molecule has 0 aliphatic carbocycles. The third-order valence-electron chi connectivity index (χ3n) is 7.30. The molecule has 0 bridgehead atoms. The highest BCUT2D eigenvalue weighted by atomic mass is 19.1. The van der Waals surface area contributed by atoms with Gasteiger partial charge in [-0.1, -0.05) is 60.7 Å². The Labute approximate surface area is 200 Å². The first-order chi connectivity index (χ1) is 16.7. The van der Waals surface area contributed by atoms with Crippen LogP contribution in [0.3, 0.4) is 0 Å². The lowest BCUT2D eigenvalue weighted by atomic mass is 9.63. The second-order valence-corrected chi connectivity index (χ2v) is 9.41. The van der Waals surface area contributed by atoms with Crippen LogP contribution in [0.25, 0.3) is 0 Å².